The molecule has 31 heavy (non-hydrogen) atoms. The molecule has 8 nitrogen and oxygen atoms in total. The number of ether oxygens (including phenoxy) is 1. The largest absolute Gasteiger partial charge is 0.486 e. The molecular formula is C21H28N4O4S2. The molecule has 0 spiro atoms. The first-order valence-corrected chi connectivity index (χ1v) is 13.0. The van der Waals surface area contributed by atoms with Crippen molar-refractivity contribution in [3.63, 3.8) is 0 Å². The van der Waals surface area contributed by atoms with Gasteiger partial charge in [0.1, 0.15) is 12.4 Å². The van der Waals surface area contributed by atoms with Crippen molar-refractivity contribution in [3.05, 3.63) is 48.3 Å². The molecule has 3 rings (SSSR count). The van der Waals surface area contributed by atoms with Gasteiger partial charge >= 0.3 is 0 Å². The Kier molecular flexibility index (Phi) is 7.77. The average Bonchev–Trinajstić information content (AvgIpc) is 3.33. The quantitative estimate of drug-likeness (QED) is 0.393. The molecule has 1 saturated heterocycles. The second-order valence-corrected chi connectivity index (χ2v) is 10.6. The van der Waals surface area contributed by atoms with Gasteiger partial charge in [0.2, 0.25) is 5.91 Å². The number of amides is 1. The molecule has 0 N–H and O–H groups in total. The van der Waals surface area contributed by atoms with Gasteiger partial charge in [-0.25, -0.2) is 8.42 Å². The van der Waals surface area contributed by atoms with E-state index in [1.54, 1.807) is 13.1 Å². The summed E-state index contributed by atoms with van der Waals surface area (Å²) < 4.78 is 31.1. The minimum Gasteiger partial charge on any atom is -0.486 e. The Hall–Kier alpha value is -2.33. The van der Waals surface area contributed by atoms with E-state index < -0.39 is 9.84 Å². The number of nitrogens with zero attached hydrogens (tertiary/aromatic N) is 4. The Labute approximate surface area is 187 Å². The number of carbonyl (C=O) groups excluding carboxylic acids is 1. The monoisotopic (exact) mass is 464 g/mol. The zero-order valence-electron chi connectivity index (χ0n) is 17.9. The fourth-order valence-electron chi connectivity index (χ4n) is 3.33. The number of benzene rings is 1. The molecule has 0 aliphatic carbocycles. The van der Waals surface area contributed by atoms with E-state index in [0.29, 0.717) is 23.9 Å². The highest BCUT2D eigenvalue weighted by atomic mass is 32.2. The number of carbonyl (C=O) groups is 1. The third kappa shape index (κ3) is 6.10. The van der Waals surface area contributed by atoms with Crippen LogP contribution < -0.4 is 4.74 Å². The van der Waals surface area contributed by atoms with Crippen LogP contribution in [0.3, 0.4) is 0 Å². The molecule has 1 aliphatic heterocycles. The normalized spacial score (nSPS) is 17.4. The number of hydrogen-bond donors (Lipinski definition) is 0. The topological polar surface area (TPSA) is 94.4 Å². The highest BCUT2D eigenvalue weighted by molar-refractivity contribution is 7.99. The Morgan fingerprint density at radius 2 is 2.10 bits per heavy atom. The van der Waals surface area contributed by atoms with Crippen LogP contribution in [0.25, 0.3) is 0 Å². The van der Waals surface area contributed by atoms with E-state index in [9.17, 15) is 13.2 Å². The molecule has 0 saturated carbocycles. The molecule has 1 fully saturated rings. The first kappa shape index (κ1) is 23.3. The van der Waals surface area contributed by atoms with Gasteiger partial charge in [0.25, 0.3) is 0 Å². The summed E-state index contributed by atoms with van der Waals surface area (Å²) in [7, 11) is -1.38. The van der Waals surface area contributed by atoms with E-state index in [1.807, 2.05) is 28.8 Å². The summed E-state index contributed by atoms with van der Waals surface area (Å²) in [5.41, 5.74) is 1.24. The van der Waals surface area contributed by atoms with Crippen molar-refractivity contribution in [2.45, 2.75) is 44.1 Å². The smallest absolute Gasteiger partial charge is 0.233 e. The summed E-state index contributed by atoms with van der Waals surface area (Å²) in [6.07, 6.45) is 3.20. The lowest BCUT2D eigenvalue weighted by atomic mass is 10.2. The fraction of sp³-hybridized carbons (Fsp3) is 0.476. The van der Waals surface area contributed by atoms with Gasteiger partial charge < -0.3 is 9.64 Å². The van der Waals surface area contributed by atoms with Gasteiger partial charge in [0.15, 0.2) is 20.8 Å². The van der Waals surface area contributed by atoms with Crippen LogP contribution in [0.1, 0.15) is 24.7 Å². The van der Waals surface area contributed by atoms with Crippen molar-refractivity contribution in [1.82, 2.24) is 19.7 Å². The third-order valence-corrected chi connectivity index (χ3v) is 7.98. The van der Waals surface area contributed by atoms with Gasteiger partial charge in [0, 0.05) is 19.6 Å². The second-order valence-electron chi connectivity index (χ2n) is 7.43. The average molecular weight is 465 g/mol. The lowest BCUT2D eigenvalue weighted by Crippen LogP contribution is -2.38. The number of hydrogen-bond acceptors (Lipinski definition) is 7. The van der Waals surface area contributed by atoms with Crippen LogP contribution >= 0.6 is 11.8 Å². The standard InChI is InChI=1S/C21H28N4O4S2/c1-4-11-25-19(13-29-18-8-6-16(5-2)7-9-18)22-23-21(25)30-14-20(26)24(3)17-10-12-31(27,28)15-17/h4,6-9,17H,1,5,10-15H2,2-3H3/t17-/m0/s1. The zero-order valence-corrected chi connectivity index (χ0v) is 19.5. The Morgan fingerprint density at radius 3 is 2.71 bits per heavy atom. The summed E-state index contributed by atoms with van der Waals surface area (Å²) in [6, 6.07) is 7.67. The third-order valence-electron chi connectivity index (χ3n) is 5.28. The maximum Gasteiger partial charge on any atom is 0.233 e. The molecule has 1 atom stereocenters. The Morgan fingerprint density at radius 1 is 1.35 bits per heavy atom. The number of aromatic nitrogens is 3. The molecule has 10 heteroatoms. The van der Waals surface area contributed by atoms with Crippen LogP contribution in [0.5, 0.6) is 5.75 Å². The maximum atomic E-state index is 12.6. The van der Waals surface area contributed by atoms with Crippen LogP contribution in [0.2, 0.25) is 0 Å². The van der Waals surface area contributed by atoms with E-state index in [2.05, 4.69) is 23.7 Å². The van der Waals surface area contributed by atoms with Crippen molar-refractivity contribution in [2.75, 3.05) is 24.3 Å². The molecule has 0 bridgehead atoms. The minimum absolute atomic E-state index is 0.0350. The highest BCUT2D eigenvalue weighted by Crippen LogP contribution is 2.22. The van der Waals surface area contributed by atoms with E-state index in [4.69, 9.17) is 4.74 Å². The van der Waals surface area contributed by atoms with E-state index in [0.717, 1.165) is 12.2 Å². The van der Waals surface area contributed by atoms with Gasteiger partial charge in [0.05, 0.1) is 17.3 Å². The van der Waals surface area contributed by atoms with E-state index in [1.165, 1.54) is 22.2 Å². The molecule has 1 aliphatic rings. The van der Waals surface area contributed by atoms with Crippen LogP contribution in [0, 0.1) is 0 Å². The van der Waals surface area contributed by atoms with Gasteiger partial charge in [-0.05, 0) is 30.5 Å². The predicted octanol–water partition coefficient (Wildman–Crippen LogP) is 2.34. The number of sulfone groups is 1. The summed E-state index contributed by atoms with van der Waals surface area (Å²) in [4.78, 5) is 14.1. The first-order valence-electron chi connectivity index (χ1n) is 10.2. The molecule has 1 aromatic heterocycles. The van der Waals surface area contributed by atoms with Crippen molar-refractivity contribution in [1.29, 1.82) is 0 Å². The minimum atomic E-state index is -3.04. The van der Waals surface area contributed by atoms with Crippen LogP contribution in [-0.4, -0.2) is 64.3 Å². The summed E-state index contributed by atoms with van der Waals surface area (Å²) in [5.74, 6) is 1.59. The van der Waals surface area contributed by atoms with Crippen molar-refractivity contribution in [3.8, 4) is 5.75 Å². The fourth-order valence-corrected chi connectivity index (χ4v) is 5.99. The lowest BCUT2D eigenvalue weighted by molar-refractivity contribution is -0.128. The Bertz CT molecular complexity index is 1020. The van der Waals surface area contributed by atoms with Crippen LogP contribution in [0.4, 0.5) is 0 Å². The number of aryl methyl sites for hydroxylation is 1. The van der Waals surface area contributed by atoms with Crippen LogP contribution in [0.15, 0.2) is 42.1 Å². The molecule has 1 amide bonds. The van der Waals surface area contributed by atoms with Gasteiger partial charge in [-0.15, -0.1) is 16.8 Å². The number of allylic oxidation sites excluding steroid dienone is 1. The molecule has 2 heterocycles. The van der Waals surface area contributed by atoms with Crippen molar-refractivity contribution < 1.29 is 17.9 Å². The highest BCUT2D eigenvalue weighted by Gasteiger charge is 2.32. The number of thioether (sulfide) groups is 1. The second kappa shape index (κ2) is 10.3. The summed E-state index contributed by atoms with van der Waals surface area (Å²) in [6.45, 7) is 6.63. The number of rotatable bonds is 10. The van der Waals surface area contributed by atoms with Crippen LogP contribution in [-0.2, 0) is 34.2 Å². The first-order chi connectivity index (χ1) is 14.8. The summed E-state index contributed by atoms with van der Waals surface area (Å²) >= 11 is 1.27. The SMILES string of the molecule is C=CCn1c(COc2ccc(CC)cc2)nnc1SCC(=O)N(C)[C@H]1CCS(=O)(=O)C1. The molecule has 0 unspecified atom stereocenters. The summed E-state index contributed by atoms with van der Waals surface area (Å²) in [5, 5.41) is 9.02. The lowest BCUT2D eigenvalue weighted by Gasteiger charge is -2.23. The van der Waals surface area contributed by atoms with E-state index in [-0.39, 0.29) is 35.8 Å². The zero-order chi connectivity index (χ0) is 22.4. The van der Waals surface area contributed by atoms with Crippen molar-refractivity contribution in [2.24, 2.45) is 0 Å². The van der Waals surface area contributed by atoms with E-state index >= 15 is 0 Å². The molecule has 2 aromatic rings. The van der Waals surface area contributed by atoms with Gasteiger partial charge in [-0.2, -0.15) is 0 Å². The molecule has 0 radical (unpaired) electrons. The van der Waals surface area contributed by atoms with Gasteiger partial charge in [-0.1, -0.05) is 36.9 Å². The van der Waals surface area contributed by atoms with Gasteiger partial charge in [-0.3, -0.25) is 9.36 Å². The molecule has 168 valence electrons. The molecular weight excluding hydrogens is 436 g/mol. The maximum absolute atomic E-state index is 12.6. The Balaban J connectivity index is 1.60. The molecule has 1 aromatic carbocycles. The van der Waals surface area contributed by atoms with Crippen molar-refractivity contribution >= 4 is 27.5 Å². The predicted molar refractivity (Wildman–Crippen MR) is 121 cm³/mol.